The average molecular weight is 870 g/mol. The highest BCUT2D eigenvalue weighted by atomic mass is 16.6. The zero-order chi connectivity index (χ0) is 46.3. The number of benzene rings is 2. The first-order valence-corrected chi connectivity index (χ1v) is 20.7. The highest BCUT2D eigenvalue weighted by Crippen LogP contribution is 2.43. The molecular weight excluding hydrogens is 810 g/mol. The fourth-order valence-electron chi connectivity index (χ4n) is 7.00. The summed E-state index contributed by atoms with van der Waals surface area (Å²) >= 11 is 0. The third kappa shape index (κ3) is 13.6. The van der Waals surface area contributed by atoms with Crippen LogP contribution in [0, 0.1) is 10.1 Å². The number of fused-ring (bicyclic) bond motifs is 5. The van der Waals surface area contributed by atoms with Gasteiger partial charge in [-0.3, -0.25) is 38.9 Å². The number of nitro groups is 1. The highest BCUT2D eigenvalue weighted by molar-refractivity contribution is 5.96. The number of phenolic OH excluding ortho intramolecular Hbond substituents is 2. The van der Waals surface area contributed by atoms with Gasteiger partial charge in [0.25, 0.3) is 0 Å². The smallest absolute Gasteiger partial charge is 0.326 e. The number of phenols is 2. The number of carbonyl (C=O) groups excluding carboxylic acids is 6. The molecule has 20 nitrogen and oxygen atoms in total. The molecule has 0 aliphatic carbocycles. The second-order valence-electron chi connectivity index (χ2n) is 15.5. The fourth-order valence-corrected chi connectivity index (χ4v) is 7.00. The van der Waals surface area contributed by atoms with Gasteiger partial charge in [-0.05, 0) is 49.6 Å². The summed E-state index contributed by atoms with van der Waals surface area (Å²) in [5.41, 5.74) is -1.39. The number of aromatic hydroxyl groups is 2. The van der Waals surface area contributed by atoms with E-state index in [4.69, 9.17) is 0 Å². The lowest BCUT2D eigenvalue weighted by Crippen LogP contribution is -2.55. The summed E-state index contributed by atoms with van der Waals surface area (Å²) in [6, 6.07) is -1.52. The van der Waals surface area contributed by atoms with Gasteiger partial charge in [0.1, 0.15) is 36.0 Å². The SMILES string of the molecule is CCCCCCCCCCCC(=O)N(C)C(CO)C(=O)NC(C)C(=O)NCC(=O)N(C)C1C(=O)NC(C)C(=O)NC(C(=O)O)Cc2cc(c(O)c([N+](=O)[O-])c2)-c2cc1ccc2O. The van der Waals surface area contributed by atoms with Crippen LogP contribution in [0.5, 0.6) is 11.5 Å². The number of likely N-dealkylation sites (N-methyl/N-ethyl adjacent to an activating group) is 2. The third-order valence-corrected chi connectivity index (χ3v) is 10.8. The number of aliphatic hydroxyl groups excluding tert-OH is 1. The molecule has 1 aliphatic rings. The lowest BCUT2D eigenvalue weighted by molar-refractivity contribution is -0.385. The van der Waals surface area contributed by atoms with Gasteiger partial charge in [0.05, 0.1) is 18.1 Å². The van der Waals surface area contributed by atoms with E-state index in [1.54, 1.807) is 0 Å². The minimum absolute atomic E-state index is 0.00232. The maximum Gasteiger partial charge on any atom is 0.326 e. The maximum absolute atomic E-state index is 13.9. The van der Waals surface area contributed by atoms with Crippen molar-refractivity contribution in [3.63, 3.8) is 0 Å². The molecule has 0 saturated heterocycles. The summed E-state index contributed by atoms with van der Waals surface area (Å²) in [4.78, 5) is 105. The molecule has 340 valence electrons. The normalized spacial score (nSPS) is 17.3. The number of hydrogen-bond donors (Lipinski definition) is 8. The molecule has 1 heterocycles. The van der Waals surface area contributed by atoms with Crippen LogP contribution in [0.3, 0.4) is 0 Å². The van der Waals surface area contributed by atoms with E-state index in [-0.39, 0.29) is 34.6 Å². The number of nitrogens with zero attached hydrogens (tertiary/aromatic N) is 3. The second kappa shape index (κ2) is 23.6. The minimum Gasteiger partial charge on any atom is -0.507 e. The van der Waals surface area contributed by atoms with Crippen molar-refractivity contribution in [3.05, 3.63) is 51.6 Å². The number of rotatable bonds is 20. The summed E-state index contributed by atoms with van der Waals surface area (Å²) in [5, 5.41) is 63.1. The molecule has 5 unspecified atom stereocenters. The second-order valence-corrected chi connectivity index (χ2v) is 15.5. The Morgan fingerprint density at radius 1 is 0.887 bits per heavy atom. The molecule has 3 rings (SSSR count). The number of unbranched alkanes of at least 4 members (excludes halogenated alkanes) is 8. The van der Waals surface area contributed by atoms with E-state index in [1.165, 1.54) is 71.8 Å². The number of hydrogen-bond acceptors (Lipinski definition) is 12. The summed E-state index contributed by atoms with van der Waals surface area (Å²) < 4.78 is 0. The van der Waals surface area contributed by atoms with Crippen molar-refractivity contribution in [2.24, 2.45) is 0 Å². The van der Waals surface area contributed by atoms with Crippen molar-refractivity contribution in [2.45, 2.75) is 122 Å². The molecule has 1 aliphatic heterocycles. The van der Waals surface area contributed by atoms with Gasteiger partial charge in [-0.15, -0.1) is 0 Å². The average Bonchev–Trinajstić information content (AvgIpc) is 3.22. The van der Waals surface area contributed by atoms with Crippen molar-refractivity contribution in [1.29, 1.82) is 0 Å². The van der Waals surface area contributed by atoms with Gasteiger partial charge in [0, 0.05) is 44.1 Å². The summed E-state index contributed by atoms with van der Waals surface area (Å²) in [6.07, 6.45) is 9.22. The number of carboxylic acid groups (broad SMARTS) is 1. The molecular formula is C42H59N7O13. The number of carbonyl (C=O) groups is 7. The van der Waals surface area contributed by atoms with E-state index in [0.717, 1.165) is 47.6 Å². The van der Waals surface area contributed by atoms with Crippen molar-refractivity contribution < 1.29 is 58.9 Å². The summed E-state index contributed by atoms with van der Waals surface area (Å²) in [6.45, 7) is 3.30. The van der Waals surface area contributed by atoms with Gasteiger partial charge in [-0.2, -0.15) is 0 Å². The first-order valence-electron chi connectivity index (χ1n) is 20.7. The zero-order valence-corrected chi connectivity index (χ0v) is 35.8. The lowest BCUT2D eigenvalue weighted by atomic mass is 9.93. The van der Waals surface area contributed by atoms with E-state index < -0.39 is 107 Å². The summed E-state index contributed by atoms with van der Waals surface area (Å²) in [7, 11) is 2.58. The van der Waals surface area contributed by atoms with Crippen molar-refractivity contribution >= 4 is 47.1 Å². The molecule has 20 heteroatoms. The van der Waals surface area contributed by atoms with Crippen LogP contribution in [-0.4, -0.2) is 128 Å². The number of amides is 6. The van der Waals surface area contributed by atoms with Crippen LogP contribution in [0.1, 0.15) is 102 Å². The lowest BCUT2D eigenvalue weighted by Gasteiger charge is -2.30. The van der Waals surface area contributed by atoms with Gasteiger partial charge in [-0.25, -0.2) is 4.79 Å². The van der Waals surface area contributed by atoms with Gasteiger partial charge in [0.15, 0.2) is 0 Å². The monoisotopic (exact) mass is 869 g/mol. The van der Waals surface area contributed by atoms with E-state index in [2.05, 4.69) is 28.2 Å². The molecule has 0 spiro atoms. The van der Waals surface area contributed by atoms with E-state index in [0.29, 0.717) is 6.42 Å². The van der Waals surface area contributed by atoms with Crippen molar-refractivity contribution in [2.75, 3.05) is 27.2 Å². The van der Waals surface area contributed by atoms with Crippen molar-refractivity contribution in [3.8, 4) is 22.6 Å². The van der Waals surface area contributed by atoms with Crippen LogP contribution >= 0.6 is 0 Å². The quantitative estimate of drug-likeness (QED) is 0.0539. The number of carboxylic acids is 1. The molecule has 6 amide bonds. The molecule has 0 aromatic heterocycles. The molecule has 62 heavy (non-hydrogen) atoms. The maximum atomic E-state index is 13.9. The van der Waals surface area contributed by atoms with Crippen LogP contribution in [-0.2, 0) is 40.0 Å². The Morgan fingerprint density at radius 3 is 2.11 bits per heavy atom. The standard InChI is InChI=1S/C42H59N7O13/c1-6-7-8-9-10-11-12-13-14-15-34(52)47(4)32(23-50)40(57)44-24(2)38(55)43-22-35(53)48(5)36-27-16-17-33(51)28(21-27)29-18-26(20-31(37(29)54)49(61)62)19-30(42(59)60)46-39(56)25(3)45-41(36)58/h16-18,20-21,24-25,30,32,36,50-51,54H,6-15,19,22-23H2,1-5H3,(H,43,55)(H,44,57)(H,45,58)(H,46,56)(H,59,60). The van der Waals surface area contributed by atoms with Gasteiger partial charge >= 0.3 is 11.7 Å². The number of nitro benzene ring substituents is 1. The van der Waals surface area contributed by atoms with E-state index >= 15 is 0 Å². The Kier molecular flexibility index (Phi) is 19.1. The van der Waals surface area contributed by atoms with Crippen LogP contribution < -0.4 is 21.3 Å². The Morgan fingerprint density at radius 2 is 1.52 bits per heavy atom. The molecule has 0 saturated carbocycles. The molecule has 5 atom stereocenters. The van der Waals surface area contributed by atoms with Crippen molar-refractivity contribution in [1.82, 2.24) is 31.1 Å². The number of nitrogens with one attached hydrogen (secondary N) is 4. The molecule has 0 fully saturated rings. The van der Waals surface area contributed by atoms with Gasteiger partial charge < -0.3 is 51.5 Å². The Balaban J connectivity index is 1.77. The molecule has 2 aromatic carbocycles. The predicted molar refractivity (Wildman–Crippen MR) is 224 cm³/mol. The van der Waals surface area contributed by atoms with Crippen LogP contribution in [0.2, 0.25) is 0 Å². The van der Waals surface area contributed by atoms with Crippen LogP contribution in [0.15, 0.2) is 30.3 Å². The topological polar surface area (TPSA) is 298 Å². The van der Waals surface area contributed by atoms with Gasteiger partial charge in [0.2, 0.25) is 41.2 Å². The predicted octanol–water partition coefficient (Wildman–Crippen LogP) is 2.16. The first kappa shape index (κ1) is 50.0. The molecule has 0 radical (unpaired) electrons. The first-order chi connectivity index (χ1) is 29.3. The third-order valence-electron chi connectivity index (χ3n) is 10.8. The zero-order valence-electron chi connectivity index (χ0n) is 35.8. The van der Waals surface area contributed by atoms with E-state index in [9.17, 15) is 64.1 Å². The van der Waals surface area contributed by atoms with Crippen LogP contribution in [0.25, 0.3) is 11.1 Å². The number of aliphatic carboxylic acids is 1. The van der Waals surface area contributed by atoms with E-state index in [1.807, 2.05) is 0 Å². The van der Waals surface area contributed by atoms with Gasteiger partial charge in [-0.1, -0.05) is 64.4 Å². The Bertz CT molecular complexity index is 1980. The largest absolute Gasteiger partial charge is 0.507 e. The van der Waals surface area contributed by atoms with Crippen LogP contribution in [0.4, 0.5) is 5.69 Å². The molecule has 2 aromatic rings. The fraction of sp³-hybridized carbons (Fsp3) is 0.548. The summed E-state index contributed by atoms with van der Waals surface area (Å²) in [5.74, 6) is -7.69. The highest BCUT2D eigenvalue weighted by Gasteiger charge is 2.35. The number of aliphatic hydroxyl groups is 1. The Labute approximate surface area is 359 Å². The molecule has 8 N–H and O–H groups in total. The minimum atomic E-state index is -1.65. The molecule has 4 bridgehead atoms. The Hall–Kier alpha value is -6.31.